The van der Waals surface area contributed by atoms with Crippen LogP contribution in [0.25, 0.3) is 21.9 Å². The topological polar surface area (TPSA) is 43.4 Å². The van der Waals surface area contributed by atoms with Gasteiger partial charge in [-0.25, -0.2) is 4.79 Å². The van der Waals surface area contributed by atoms with Crippen molar-refractivity contribution in [3.05, 3.63) is 45.5 Å². The molecule has 1 aromatic carbocycles. The lowest BCUT2D eigenvalue weighted by atomic mass is 10.0. The van der Waals surface area contributed by atoms with Crippen LogP contribution < -0.4 is 5.63 Å². The Morgan fingerprint density at radius 2 is 1.78 bits per heavy atom. The van der Waals surface area contributed by atoms with Gasteiger partial charge in [-0.1, -0.05) is 6.92 Å². The first-order chi connectivity index (χ1) is 8.61. The van der Waals surface area contributed by atoms with Crippen LogP contribution in [-0.4, -0.2) is 0 Å². The molecular formula is C15H14O3. The van der Waals surface area contributed by atoms with Crippen LogP contribution >= 0.6 is 0 Å². The number of benzene rings is 1. The summed E-state index contributed by atoms with van der Waals surface area (Å²) in [5.74, 6) is 0. The molecule has 2 heterocycles. The summed E-state index contributed by atoms with van der Waals surface area (Å²) in [5, 5.41) is 2.08. The smallest absolute Gasteiger partial charge is 0.336 e. The summed E-state index contributed by atoms with van der Waals surface area (Å²) in [6.07, 6.45) is 2.52. The Hall–Kier alpha value is -2.03. The van der Waals surface area contributed by atoms with Crippen molar-refractivity contribution in [1.82, 2.24) is 0 Å². The van der Waals surface area contributed by atoms with Gasteiger partial charge in [0.2, 0.25) is 0 Å². The Balaban J connectivity index is 2.63. The van der Waals surface area contributed by atoms with Gasteiger partial charge < -0.3 is 8.83 Å². The average Bonchev–Trinajstić information content (AvgIpc) is 2.69. The summed E-state index contributed by atoms with van der Waals surface area (Å²) < 4.78 is 11.0. The largest absolute Gasteiger partial charge is 0.464 e. The summed E-state index contributed by atoms with van der Waals surface area (Å²) >= 11 is 0. The monoisotopic (exact) mass is 242 g/mol. The molecule has 3 heteroatoms. The van der Waals surface area contributed by atoms with E-state index in [1.807, 2.05) is 26.8 Å². The number of fused-ring (bicyclic) bond motifs is 2. The molecule has 0 N–H and O–H groups in total. The van der Waals surface area contributed by atoms with Crippen molar-refractivity contribution in [1.29, 1.82) is 0 Å². The molecule has 0 saturated carbocycles. The Bertz CT molecular complexity index is 806. The molecule has 0 aliphatic rings. The van der Waals surface area contributed by atoms with E-state index < -0.39 is 0 Å². The lowest BCUT2D eigenvalue weighted by Crippen LogP contribution is -2.00. The summed E-state index contributed by atoms with van der Waals surface area (Å²) in [6, 6.07) is 3.57. The predicted octanol–water partition coefficient (Wildman–Crippen LogP) is 3.72. The van der Waals surface area contributed by atoms with Gasteiger partial charge in [0, 0.05) is 22.4 Å². The maximum absolute atomic E-state index is 11.5. The van der Waals surface area contributed by atoms with Crippen molar-refractivity contribution in [3.8, 4) is 0 Å². The molecular weight excluding hydrogens is 228 g/mol. The summed E-state index contributed by atoms with van der Waals surface area (Å²) in [7, 11) is 0. The molecule has 0 bridgehead atoms. The van der Waals surface area contributed by atoms with Crippen molar-refractivity contribution in [2.24, 2.45) is 0 Å². The van der Waals surface area contributed by atoms with E-state index in [1.165, 1.54) is 6.07 Å². The molecule has 0 spiro atoms. The Morgan fingerprint density at radius 3 is 2.50 bits per heavy atom. The zero-order valence-corrected chi connectivity index (χ0v) is 10.7. The third-order valence-corrected chi connectivity index (χ3v) is 3.42. The molecule has 0 aliphatic heterocycles. The summed E-state index contributed by atoms with van der Waals surface area (Å²) in [6.45, 7) is 5.99. The number of furan rings is 1. The van der Waals surface area contributed by atoms with Crippen LogP contribution in [0.5, 0.6) is 0 Å². The van der Waals surface area contributed by atoms with Crippen LogP contribution in [0.3, 0.4) is 0 Å². The van der Waals surface area contributed by atoms with Gasteiger partial charge in [-0.3, -0.25) is 0 Å². The van der Waals surface area contributed by atoms with Crippen LogP contribution in [0.15, 0.2) is 32.0 Å². The van der Waals surface area contributed by atoms with Crippen molar-refractivity contribution in [3.63, 3.8) is 0 Å². The van der Waals surface area contributed by atoms with Gasteiger partial charge in [0.15, 0.2) is 0 Å². The van der Waals surface area contributed by atoms with Crippen LogP contribution in [0.4, 0.5) is 0 Å². The average molecular weight is 242 g/mol. The van der Waals surface area contributed by atoms with Gasteiger partial charge in [-0.05, 0) is 37.5 Å². The molecule has 0 unspecified atom stereocenters. The molecule has 3 aromatic rings. The van der Waals surface area contributed by atoms with Gasteiger partial charge >= 0.3 is 5.63 Å². The summed E-state index contributed by atoms with van der Waals surface area (Å²) in [4.78, 5) is 11.5. The molecule has 0 aliphatic carbocycles. The first kappa shape index (κ1) is 11.1. The molecule has 2 aromatic heterocycles. The molecule has 0 radical (unpaired) electrons. The number of aryl methyl sites for hydroxylation is 3. The molecule has 92 valence electrons. The highest BCUT2D eigenvalue weighted by molar-refractivity contribution is 5.99. The molecule has 3 rings (SSSR count). The van der Waals surface area contributed by atoms with E-state index in [0.717, 1.165) is 39.5 Å². The normalized spacial score (nSPS) is 11.5. The number of hydrogen-bond acceptors (Lipinski definition) is 3. The quantitative estimate of drug-likeness (QED) is 0.611. The van der Waals surface area contributed by atoms with Crippen LogP contribution in [0, 0.1) is 13.8 Å². The van der Waals surface area contributed by atoms with E-state index in [9.17, 15) is 4.79 Å². The predicted molar refractivity (Wildman–Crippen MR) is 71.1 cm³/mol. The highest BCUT2D eigenvalue weighted by Gasteiger charge is 2.14. The maximum Gasteiger partial charge on any atom is 0.336 e. The fraction of sp³-hybridized carbons (Fsp3) is 0.267. The second-order valence-corrected chi connectivity index (χ2v) is 4.63. The minimum absolute atomic E-state index is 0.308. The van der Waals surface area contributed by atoms with Crippen molar-refractivity contribution >= 4 is 21.9 Å². The highest BCUT2D eigenvalue weighted by atomic mass is 16.4. The molecule has 0 saturated heterocycles. The zero-order chi connectivity index (χ0) is 12.9. The van der Waals surface area contributed by atoms with E-state index in [4.69, 9.17) is 8.83 Å². The van der Waals surface area contributed by atoms with Crippen molar-refractivity contribution in [2.75, 3.05) is 0 Å². The molecule has 18 heavy (non-hydrogen) atoms. The van der Waals surface area contributed by atoms with Gasteiger partial charge in [0.1, 0.15) is 11.2 Å². The Kier molecular flexibility index (Phi) is 2.30. The van der Waals surface area contributed by atoms with Crippen LogP contribution in [0.2, 0.25) is 0 Å². The van der Waals surface area contributed by atoms with Crippen molar-refractivity contribution in [2.45, 2.75) is 27.2 Å². The fourth-order valence-corrected chi connectivity index (χ4v) is 2.46. The maximum atomic E-state index is 11.5. The molecule has 3 nitrogen and oxygen atoms in total. The van der Waals surface area contributed by atoms with Crippen molar-refractivity contribution < 1.29 is 8.83 Å². The molecule has 0 atom stereocenters. The molecule has 0 fully saturated rings. The van der Waals surface area contributed by atoms with Gasteiger partial charge in [0.05, 0.1) is 6.26 Å². The SMILES string of the molecule is CCc1c2occ(C)c2cc2c(C)cc(=O)oc12. The van der Waals surface area contributed by atoms with Gasteiger partial charge in [-0.15, -0.1) is 0 Å². The fourth-order valence-electron chi connectivity index (χ4n) is 2.46. The third kappa shape index (κ3) is 1.40. The van der Waals surface area contributed by atoms with E-state index in [-0.39, 0.29) is 5.63 Å². The third-order valence-electron chi connectivity index (χ3n) is 3.42. The van der Waals surface area contributed by atoms with E-state index in [2.05, 4.69) is 0 Å². The van der Waals surface area contributed by atoms with Crippen LogP contribution in [0.1, 0.15) is 23.6 Å². The van der Waals surface area contributed by atoms with Gasteiger partial charge in [-0.2, -0.15) is 0 Å². The summed E-state index contributed by atoms with van der Waals surface area (Å²) in [5.41, 5.74) is 4.19. The first-order valence-corrected chi connectivity index (χ1v) is 6.06. The van der Waals surface area contributed by atoms with E-state index in [0.29, 0.717) is 5.58 Å². The zero-order valence-electron chi connectivity index (χ0n) is 10.7. The molecule has 0 amide bonds. The highest BCUT2D eigenvalue weighted by Crippen LogP contribution is 2.32. The minimum Gasteiger partial charge on any atom is -0.464 e. The second-order valence-electron chi connectivity index (χ2n) is 4.63. The number of rotatable bonds is 1. The lowest BCUT2D eigenvalue weighted by molar-refractivity contribution is 0.553. The lowest BCUT2D eigenvalue weighted by Gasteiger charge is -2.06. The number of hydrogen-bond donors (Lipinski definition) is 0. The first-order valence-electron chi connectivity index (χ1n) is 6.06. The minimum atomic E-state index is -0.308. The van der Waals surface area contributed by atoms with Gasteiger partial charge in [0.25, 0.3) is 0 Å². The second kappa shape index (κ2) is 3.73. The Labute approximate surface area is 104 Å². The Morgan fingerprint density at radius 1 is 1.06 bits per heavy atom. The standard InChI is InChI=1S/C15H14O3/c1-4-10-14-12(9(3)7-17-14)6-11-8(2)5-13(16)18-15(10)11/h5-7H,4H2,1-3H3. The van der Waals surface area contributed by atoms with Crippen LogP contribution in [-0.2, 0) is 6.42 Å². The van der Waals surface area contributed by atoms with E-state index in [1.54, 1.807) is 6.26 Å². The van der Waals surface area contributed by atoms with E-state index >= 15 is 0 Å².